The minimum Gasteiger partial charge on any atom is -0.480 e. The predicted molar refractivity (Wildman–Crippen MR) is 79.6 cm³/mol. The quantitative estimate of drug-likeness (QED) is 0.885. The molecule has 0 aliphatic heterocycles. The van der Waals surface area contributed by atoms with Crippen molar-refractivity contribution in [3.63, 3.8) is 0 Å². The fraction of sp³-hybridized carbons (Fsp3) is 0.188. The molecule has 0 bridgehead atoms. The van der Waals surface area contributed by atoms with Crippen LogP contribution in [-0.4, -0.2) is 24.7 Å². The van der Waals surface area contributed by atoms with Gasteiger partial charge in [-0.2, -0.15) is 0 Å². The minimum atomic E-state index is -1.54. The molecule has 3 N–H and O–H groups in total. The molecule has 0 aromatic heterocycles. The molecule has 0 aliphatic rings. The minimum absolute atomic E-state index is 0.0674. The van der Waals surface area contributed by atoms with Gasteiger partial charge in [0.25, 0.3) is 0 Å². The highest BCUT2D eigenvalue weighted by Crippen LogP contribution is 2.23. The van der Waals surface area contributed by atoms with E-state index in [0.29, 0.717) is 11.3 Å². The number of halogens is 1. The van der Waals surface area contributed by atoms with E-state index in [1.54, 1.807) is 54.4 Å². The molecule has 5 heteroatoms. The number of aliphatic carboxylic acids is 1. The summed E-state index contributed by atoms with van der Waals surface area (Å²) in [6.45, 7) is 0.0674. The summed E-state index contributed by atoms with van der Waals surface area (Å²) in [4.78, 5) is 13.3. The van der Waals surface area contributed by atoms with Crippen LogP contribution in [0.25, 0.3) is 0 Å². The van der Waals surface area contributed by atoms with Crippen LogP contribution in [0.5, 0.6) is 0 Å². The molecule has 1 atom stereocenters. The first kappa shape index (κ1) is 15.0. The van der Waals surface area contributed by atoms with Crippen molar-refractivity contribution in [1.82, 2.24) is 0 Å². The molecule has 0 spiro atoms. The Kier molecular flexibility index (Phi) is 4.23. The van der Waals surface area contributed by atoms with Gasteiger partial charge in [0, 0.05) is 12.7 Å². The molecule has 2 aromatic rings. The predicted octanol–water partition coefficient (Wildman–Crippen LogP) is 2.20. The maximum atomic E-state index is 12.9. The molecule has 0 radical (unpaired) electrons. The van der Waals surface area contributed by atoms with Gasteiger partial charge in [-0.25, -0.2) is 9.18 Å². The van der Waals surface area contributed by atoms with Crippen LogP contribution in [0.2, 0.25) is 0 Å². The zero-order valence-electron chi connectivity index (χ0n) is 11.7. The van der Waals surface area contributed by atoms with Crippen LogP contribution in [0.3, 0.4) is 0 Å². The van der Waals surface area contributed by atoms with Gasteiger partial charge in [0.1, 0.15) is 5.82 Å². The van der Waals surface area contributed by atoms with Crippen LogP contribution in [-0.2, 0) is 10.3 Å². The number of nitrogens with zero attached hydrogens (tertiary/aromatic N) is 1. The number of carboxylic acids is 1. The van der Waals surface area contributed by atoms with Crippen molar-refractivity contribution in [1.29, 1.82) is 0 Å². The number of hydrogen-bond acceptors (Lipinski definition) is 3. The number of rotatable bonds is 5. The molecule has 4 nitrogen and oxygen atoms in total. The summed E-state index contributed by atoms with van der Waals surface area (Å²) < 4.78 is 12.9. The summed E-state index contributed by atoms with van der Waals surface area (Å²) in [5, 5.41) is 9.51. The standard InChI is InChI=1S/C16H17FN2O2/c1-19(14-9-7-13(17)8-10-14)11-16(18,15(20)21)12-5-3-2-4-6-12/h2-10H,11,18H2,1H3,(H,20,21). The Labute approximate surface area is 122 Å². The van der Waals surface area contributed by atoms with Crippen molar-refractivity contribution in [2.24, 2.45) is 5.73 Å². The molecular formula is C16H17FN2O2. The third kappa shape index (κ3) is 3.20. The topological polar surface area (TPSA) is 66.6 Å². The lowest BCUT2D eigenvalue weighted by molar-refractivity contribution is -0.143. The van der Waals surface area contributed by atoms with Crippen molar-refractivity contribution in [3.8, 4) is 0 Å². The molecular weight excluding hydrogens is 271 g/mol. The Morgan fingerprint density at radius 1 is 1.19 bits per heavy atom. The maximum absolute atomic E-state index is 12.9. The van der Waals surface area contributed by atoms with Gasteiger partial charge in [-0.3, -0.25) is 0 Å². The van der Waals surface area contributed by atoms with Crippen LogP contribution in [0.1, 0.15) is 5.56 Å². The second kappa shape index (κ2) is 5.93. The van der Waals surface area contributed by atoms with Gasteiger partial charge in [-0.05, 0) is 29.8 Å². The third-order valence-corrected chi connectivity index (χ3v) is 3.42. The Morgan fingerprint density at radius 2 is 1.76 bits per heavy atom. The second-order valence-electron chi connectivity index (χ2n) is 4.98. The Balaban J connectivity index is 2.28. The monoisotopic (exact) mass is 288 g/mol. The van der Waals surface area contributed by atoms with Gasteiger partial charge < -0.3 is 15.7 Å². The Morgan fingerprint density at radius 3 is 2.29 bits per heavy atom. The van der Waals surface area contributed by atoms with E-state index < -0.39 is 11.5 Å². The fourth-order valence-corrected chi connectivity index (χ4v) is 2.18. The van der Waals surface area contributed by atoms with Crippen molar-refractivity contribution in [2.45, 2.75) is 5.54 Å². The average Bonchev–Trinajstić information content (AvgIpc) is 2.48. The average molecular weight is 288 g/mol. The highest BCUT2D eigenvalue weighted by Gasteiger charge is 2.37. The van der Waals surface area contributed by atoms with Gasteiger partial charge in [0.15, 0.2) is 5.54 Å². The highest BCUT2D eigenvalue weighted by atomic mass is 19.1. The van der Waals surface area contributed by atoms with E-state index in [0.717, 1.165) is 0 Å². The van der Waals surface area contributed by atoms with Crippen LogP contribution < -0.4 is 10.6 Å². The van der Waals surface area contributed by atoms with Crippen molar-refractivity contribution < 1.29 is 14.3 Å². The van der Waals surface area contributed by atoms with Crippen LogP contribution >= 0.6 is 0 Å². The number of carbonyl (C=O) groups is 1. The SMILES string of the molecule is CN(CC(N)(C(=O)O)c1ccccc1)c1ccc(F)cc1. The highest BCUT2D eigenvalue weighted by molar-refractivity contribution is 5.81. The molecule has 0 amide bonds. The number of nitrogens with two attached hydrogens (primary N) is 1. The van der Waals surface area contributed by atoms with Crippen molar-refractivity contribution >= 4 is 11.7 Å². The molecule has 0 saturated carbocycles. The van der Waals surface area contributed by atoms with E-state index in [-0.39, 0.29) is 12.4 Å². The normalized spacial score (nSPS) is 13.5. The maximum Gasteiger partial charge on any atom is 0.330 e. The molecule has 0 heterocycles. The van der Waals surface area contributed by atoms with Gasteiger partial charge in [-0.1, -0.05) is 30.3 Å². The summed E-state index contributed by atoms with van der Waals surface area (Å²) in [6, 6.07) is 14.5. The Hall–Kier alpha value is -2.40. The molecule has 21 heavy (non-hydrogen) atoms. The van der Waals surface area contributed by atoms with Crippen LogP contribution in [0.15, 0.2) is 54.6 Å². The lowest BCUT2D eigenvalue weighted by atomic mass is 9.90. The molecule has 2 rings (SSSR count). The fourth-order valence-electron chi connectivity index (χ4n) is 2.18. The van der Waals surface area contributed by atoms with E-state index in [9.17, 15) is 14.3 Å². The first-order valence-electron chi connectivity index (χ1n) is 6.48. The lowest BCUT2D eigenvalue weighted by Crippen LogP contribution is -2.52. The number of likely N-dealkylation sites (N-methyl/N-ethyl adjacent to an activating group) is 1. The number of benzene rings is 2. The molecule has 0 aliphatic carbocycles. The molecule has 110 valence electrons. The van der Waals surface area contributed by atoms with Gasteiger partial charge >= 0.3 is 5.97 Å². The summed E-state index contributed by atoms with van der Waals surface area (Å²) >= 11 is 0. The van der Waals surface area contributed by atoms with E-state index in [1.165, 1.54) is 12.1 Å². The number of carboxylic acid groups (broad SMARTS) is 1. The summed E-state index contributed by atoms with van der Waals surface area (Å²) in [5.74, 6) is -1.45. The summed E-state index contributed by atoms with van der Waals surface area (Å²) in [7, 11) is 1.72. The zero-order valence-corrected chi connectivity index (χ0v) is 11.7. The van der Waals surface area contributed by atoms with Gasteiger partial charge in [0.05, 0.1) is 6.54 Å². The smallest absolute Gasteiger partial charge is 0.330 e. The Bertz CT molecular complexity index is 616. The van der Waals surface area contributed by atoms with Crippen LogP contribution in [0, 0.1) is 5.82 Å². The number of anilines is 1. The van der Waals surface area contributed by atoms with E-state index in [4.69, 9.17) is 5.73 Å². The van der Waals surface area contributed by atoms with Crippen molar-refractivity contribution in [2.75, 3.05) is 18.5 Å². The molecule has 2 aromatic carbocycles. The zero-order chi connectivity index (χ0) is 15.5. The first-order chi connectivity index (χ1) is 9.93. The lowest BCUT2D eigenvalue weighted by Gasteiger charge is -2.31. The van der Waals surface area contributed by atoms with E-state index in [1.807, 2.05) is 0 Å². The molecule has 0 saturated heterocycles. The second-order valence-corrected chi connectivity index (χ2v) is 4.98. The van der Waals surface area contributed by atoms with Gasteiger partial charge in [0.2, 0.25) is 0 Å². The van der Waals surface area contributed by atoms with Gasteiger partial charge in [-0.15, -0.1) is 0 Å². The largest absolute Gasteiger partial charge is 0.480 e. The number of hydrogen-bond donors (Lipinski definition) is 2. The van der Waals surface area contributed by atoms with Crippen molar-refractivity contribution in [3.05, 3.63) is 66.0 Å². The summed E-state index contributed by atoms with van der Waals surface area (Å²) in [6.07, 6.45) is 0. The van der Waals surface area contributed by atoms with Crippen LogP contribution in [0.4, 0.5) is 10.1 Å². The third-order valence-electron chi connectivity index (χ3n) is 3.42. The van der Waals surface area contributed by atoms with E-state index in [2.05, 4.69) is 0 Å². The molecule has 0 fully saturated rings. The first-order valence-corrected chi connectivity index (χ1v) is 6.48. The molecule has 1 unspecified atom stereocenters. The van der Waals surface area contributed by atoms with E-state index >= 15 is 0 Å². The summed E-state index contributed by atoms with van der Waals surface area (Å²) in [5.41, 5.74) is 5.80.